The highest BCUT2D eigenvalue weighted by Gasteiger charge is 2.65. The van der Waals surface area contributed by atoms with Crippen molar-refractivity contribution in [3.8, 4) is 28.7 Å². The van der Waals surface area contributed by atoms with Crippen molar-refractivity contribution in [3.05, 3.63) is 149 Å². The first kappa shape index (κ1) is 118. The molecular weight excluding hydrogens is 1800 g/mol. The number of rotatable bonds is 40. The van der Waals surface area contributed by atoms with Crippen molar-refractivity contribution >= 4 is 29.8 Å². The van der Waals surface area contributed by atoms with E-state index in [1.807, 2.05) is 88.4 Å². The van der Waals surface area contributed by atoms with Gasteiger partial charge in [0.2, 0.25) is 0 Å². The standard InChI is InChI=1S/C29H44O3.2C24H34O3.2C23H32O3.2C2H6.3CH4/c1-6-8-9-21(4)29(24-14-22-15-25(29)18-28(5,16-22)17-24)32-27(30)19-31-26-12-10-23(11-13-26)20(3)7-2;2*1-3-16(2)19-6-8-22(9-7-19)26-10-4-5-23(25)27-24-20-12-17-11-18(14-20)15-21(24)13-17;2*1-3-15(2)18-4-6-21(7-5-18)25-9-8-22(24)26-23-19-11-16-10-17(13-19)14-20(23)12-16;2*1-2;;;/h10-13,20-22,24-25H,6-9,14-19H2,1-5H3;2*6-9,16-18,20-21,24H,3-5,10-15H2,1-2H3;2*4-7,15-17,19-20,23H,3,8-14H2,1-2H3;2*1-2H3;3*1H4. The van der Waals surface area contributed by atoms with Crippen molar-refractivity contribution in [2.24, 2.45) is 124 Å². The van der Waals surface area contributed by atoms with Gasteiger partial charge in [-0.2, -0.15) is 0 Å². The van der Waals surface area contributed by atoms with Crippen LogP contribution in [0.25, 0.3) is 0 Å². The molecular formula is C130H200O15. The van der Waals surface area contributed by atoms with E-state index in [9.17, 15) is 24.0 Å². The van der Waals surface area contributed by atoms with E-state index in [1.54, 1.807) is 0 Å². The summed E-state index contributed by atoms with van der Waals surface area (Å²) in [6, 6.07) is 41.4. The molecule has 5 aromatic carbocycles. The van der Waals surface area contributed by atoms with Gasteiger partial charge in [0.05, 0.1) is 39.3 Å². The Morgan fingerprint density at radius 1 is 0.283 bits per heavy atom. The summed E-state index contributed by atoms with van der Waals surface area (Å²) in [7, 11) is 0. The zero-order valence-corrected chi connectivity index (χ0v) is 91.0. The fraction of sp³-hybridized carbons (Fsp3) is 0.731. The van der Waals surface area contributed by atoms with Crippen LogP contribution in [0, 0.1) is 124 Å². The number of unbranched alkanes of at least 4 members (excludes halogenated alkanes) is 1. The van der Waals surface area contributed by atoms with Crippen LogP contribution in [0.3, 0.4) is 0 Å². The number of esters is 5. The molecule has 20 aliphatic carbocycles. The van der Waals surface area contributed by atoms with Crippen molar-refractivity contribution in [2.75, 3.05) is 33.0 Å². The number of hydrogen-bond acceptors (Lipinski definition) is 15. The largest absolute Gasteiger partial charge is 0.494 e. The molecule has 0 saturated heterocycles. The van der Waals surface area contributed by atoms with E-state index in [-0.39, 0.29) is 88.8 Å². The van der Waals surface area contributed by atoms with E-state index in [0.29, 0.717) is 152 Å². The minimum absolute atomic E-state index is 0. The molecule has 20 saturated carbocycles. The van der Waals surface area contributed by atoms with Crippen LogP contribution in [0.15, 0.2) is 121 Å². The molecule has 0 heterocycles. The van der Waals surface area contributed by atoms with Crippen LogP contribution >= 0.6 is 0 Å². The van der Waals surface area contributed by atoms with E-state index >= 15 is 0 Å². The van der Waals surface area contributed by atoms with Gasteiger partial charge < -0.3 is 47.4 Å². The first-order valence-corrected chi connectivity index (χ1v) is 58.4. The Hall–Kier alpha value is -7.55. The first-order valence-electron chi connectivity index (χ1n) is 58.4. The zero-order chi connectivity index (χ0) is 101. The predicted molar refractivity (Wildman–Crippen MR) is 591 cm³/mol. The van der Waals surface area contributed by atoms with Gasteiger partial charge >= 0.3 is 29.8 Å². The summed E-state index contributed by atoms with van der Waals surface area (Å²) in [6.07, 6.45) is 45.7. The second-order valence-corrected chi connectivity index (χ2v) is 47.8. The van der Waals surface area contributed by atoms with Gasteiger partial charge in [-0.25, -0.2) is 4.79 Å². The van der Waals surface area contributed by atoms with E-state index in [1.165, 1.54) is 201 Å². The van der Waals surface area contributed by atoms with Crippen LogP contribution in [-0.2, 0) is 47.7 Å². The molecule has 15 nitrogen and oxygen atoms in total. The minimum Gasteiger partial charge on any atom is -0.494 e. The summed E-state index contributed by atoms with van der Waals surface area (Å²) < 4.78 is 59.2. The predicted octanol–water partition coefficient (Wildman–Crippen LogP) is 33.6. The quantitative estimate of drug-likeness (QED) is 0.0205. The molecule has 15 heteroatoms. The fourth-order valence-corrected chi connectivity index (χ4v) is 30.6. The van der Waals surface area contributed by atoms with Gasteiger partial charge in [-0.15, -0.1) is 0 Å². The molecule has 20 fully saturated rings. The number of carbonyl (C=O) groups is 5. The van der Waals surface area contributed by atoms with Gasteiger partial charge in [-0.05, 0) is 442 Å². The third-order valence-electron chi connectivity index (χ3n) is 37.9. The fourth-order valence-electron chi connectivity index (χ4n) is 30.6. The van der Waals surface area contributed by atoms with Crippen LogP contribution in [-0.4, -0.2) is 92.9 Å². The van der Waals surface area contributed by atoms with Crippen molar-refractivity contribution < 1.29 is 71.3 Å². The van der Waals surface area contributed by atoms with Crippen molar-refractivity contribution in [3.63, 3.8) is 0 Å². The molecule has 0 radical (unpaired) electrons. The van der Waals surface area contributed by atoms with Gasteiger partial charge in [0.25, 0.3) is 0 Å². The average molecular weight is 2000 g/mol. The number of carbonyl (C=O) groups excluding carboxylic acids is 5. The lowest BCUT2D eigenvalue weighted by atomic mass is 9.43. The highest BCUT2D eigenvalue weighted by atomic mass is 16.6. The molecule has 810 valence electrons. The van der Waals surface area contributed by atoms with Crippen molar-refractivity contribution in [1.29, 1.82) is 0 Å². The third-order valence-corrected chi connectivity index (χ3v) is 37.9. The summed E-state index contributed by atoms with van der Waals surface area (Å²) >= 11 is 0. The van der Waals surface area contributed by atoms with Crippen LogP contribution in [0.2, 0.25) is 0 Å². The molecule has 145 heavy (non-hydrogen) atoms. The lowest BCUT2D eigenvalue weighted by Gasteiger charge is -2.65. The molecule has 5 aromatic rings. The molecule has 0 aromatic heterocycles. The maximum absolute atomic E-state index is 13.1. The van der Waals surface area contributed by atoms with E-state index in [0.717, 1.165) is 133 Å². The highest BCUT2D eigenvalue weighted by Crippen LogP contribution is 2.67. The second-order valence-electron chi connectivity index (χ2n) is 47.8. The zero-order valence-electron chi connectivity index (χ0n) is 91.0. The summed E-state index contributed by atoms with van der Waals surface area (Å²) in [6.45, 7) is 39.2. The third kappa shape index (κ3) is 31.1. The average Bonchev–Trinajstić information content (AvgIpc) is 0.700. The van der Waals surface area contributed by atoms with Crippen LogP contribution in [0.4, 0.5) is 0 Å². The van der Waals surface area contributed by atoms with Crippen LogP contribution < -0.4 is 23.7 Å². The second kappa shape index (κ2) is 56.5. The summed E-state index contributed by atoms with van der Waals surface area (Å²) in [4.78, 5) is 62.4. The van der Waals surface area contributed by atoms with E-state index in [4.69, 9.17) is 47.4 Å². The highest BCUT2D eigenvalue weighted by molar-refractivity contribution is 5.72. The Balaban J connectivity index is 0.000000170. The molecule has 20 bridgehead atoms. The smallest absolute Gasteiger partial charge is 0.344 e. The molecule has 20 aliphatic rings. The Morgan fingerprint density at radius 3 is 0.752 bits per heavy atom. The van der Waals surface area contributed by atoms with Gasteiger partial charge in [-0.3, -0.25) is 19.2 Å². The van der Waals surface area contributed by atoms with Gasteiger partial charge in [0, 0.05) is 24.7 Å². The Bertz CT molecular complexity index is 4300. The maximum Gasteiger partial charge on any atom is 0.344 e. The first-order chi connectivity index (χ1) is 68.8. The summed E-state index contributed by atoms with van der Waals surface area (Å²) in [5.74, 6) is 21.3. The molecule has 0 spiro atoms. The van der Waals surface area contributed by atoms with Gasteiger partial charge in [0.15, 0.2) is 6.61 Å². The Kier molecular flexibility index (Phi) is 45.9. The molecule has 0 N–H and O–H groups in total. The van der Waals surface area contributed by atoms with E-state index < -0.39 is 0 Å². The van der Waals surface area contributed by atoms with Gasteiger partial charge in [-0.1, -0.05) is 213 Å². The molecule has 8 atom stereocenters. The minimum atomic E-state index is -0.285. The lowest BCUT2D eigenvalue weighted by Crippen LogP contribution is -2.65. The monoisotopic (exact) mass is 2000 g/mol. The molecule has 25 rings (SSSR count). The Labute approximate surface area is 880 Å². The van der Waals surface area contributed by atoms with Crippen LogP contribution in [0.1, 0.15) is 448 Å². The van der Waals surface area contributed by atoms with Crippen molar-refractivity contribution in [1.82, 2.24) is 0 Å². The lowest BCUT2D eigenvalue weighted by molar-refractivity contribution is -0.242. The number of ether oxygens (including phenoxy) is 10. The normalized spacial score (nSPS) is 31.7. The maximum atomic E-state index is 13.1. The number of benzene rings is 5. The molecule has 8 unspecified atom stereocenters. The summed E-state index contributed by atoms with van der Waals surface area (Å²) in [5.41, 5.74) is 6.86. The van der Waals surface area contributed by atoms with Gasteiger partial charge in [0.1, 0.15) is 58.8 Å². The summed E-state index contributed by atoms with van der Waals surface area (Å²) in [5, 5.41) is 0. The molecule has 0 aliphatic heterocycles. The Morgan fingerprint density at radius 2 is 0.517 bits per heavy atom. The SMILES string of the molecule is C.C.C.CC.CC.CCC(C)c1ccc(OCCC(=O)OC2C3CC4CC(C3)CC2C4)cc1.CCC(C)c1ccc(OCCC(=O)OC2C3CC4CC(C3)CC2C4)cc1.CCC(C)c1ccc(OCCCC(=O)OC2C3CC4CC(C3)CC2C4)cc1.CCC(C)c1ccc(OCCCC(=O)OC2C3CC4CC(C3)CC2C4)cc1.CCCCC(C)C1(OC(=O)COc2ccc(C(C)CC)cc2)C2CC3CC1CC(C)(C3)C2. The number of hydrogen-bond donors (Lipinski definition) is 0. The van der Waals surface area contributed by atoms with E-state index in [2.05, 4.69) is 151 Å². The topological polar surface area (TPSA) is 178 Å². The molecule has 0 amide bonds. The van der Waals surface area contributed by atoms with Crippen LogP contribution in [0.5, 0.6) is 28.7 Å². The van der Waals surface area contributed by atoms with Crippen molar-refractivity contribution in [2.45, 2.75) is 450 Å².